The Balaban J connectivity index is 1.54. The fourth-order valence-corrected chi connectivity index (χ4v) is 4.46. The van der Waals surface area contributed by atoms with Crippen LogP contribution < -0.4 is 20.7 Å². The zero-order chi connectivity index (χ0) is 23.9. The normalized spacial score (nSPS) is 15.1. The lowest BCUT2D eigenvalue weighted by atomic mass is 10.2. The fraction of sp³-hybridized carbons (Fsp3) is 0.308. The highest BCUT2D eigenvalue weighted by atomic mass is 32.2. The maximum absolute atomic E-state index is 11.9. The van der Waals surface area contributed by atoms with E-state index >= 15 is 0 Å². The van der Waals surface area contributed by atoms with Crippen LogP contribution in [-0.4, -0.2) is 55.1 Å². The average Bonchev–Trinajstić information content (AvgIpc) is 2.84. The minimum Gasteiger partial charge on any atom is -0.487 e. The third-order valence-corrected chi connectivity index (χ3v) is 6.56. The van der Waals surface area contributed by atoms with E-state index in [2.05, 4.69) is 34.3 Å². The molecule has 0 bridgehead atoms. The Morgan fingerprint density at radius 1 is 1.12 bits per heavy atom. The van der Waals surface area contributed by atoms with Gasteiger partial charge in [0.05, 0.1) is 17.9 Å². The van der Waals surface area contributed by atoms with E-state index in [1.807, 2.05) is 54.7 Å². The number of carbonyl (C=O) groups is 1. The van der Waals surface area contributed by atoms with Gasteiger partial charge in [0.2, 0.25) is 5.91 Å². The molecule has 34 heavy (non-hydrogen) atoms. The van der Waals surface area contributed by atoms with Gasteiger partial charge in [-0.3, -0.25) is 4.79 Å². The van der Waals surface area contributed by atoms with E-state index in [1.165, 1.54) is 11.8 Å². The summed E-state index contributed by atoms with van der Waals surface area (Å²) in [7, 11) is 2.15. The second kappa shape index (κ2) is 11.4. The van der Waals surface area contributed by atoms with Crippen LogP contribution in [0.15, 0.2) is 76.8 Å². The van der Waals surface area contributed by atoms with Gasteiger partial charge >= 0.3 is 0 Å². The summed E-state index contributed by atoms with van der Waals surface area (Å²) in [6, 6.07) is 19.3. The number of benzene rings is 2. The van der Waals surface area contributed by atoms with Gasteiger partial charge < -0.3 is 25.6 Å². The smallest absolute Gasteiger partial charge is 0.240 e. The number of amides is 1. The molecule has 8 heteroatoms. The first-order valence-corrected chi connectivity index (χ1v) is 12.2. The van der Waals surface area contributed by atoms with Gasteiger partial charge in [-0.25, -0.2) is 4.98 Å². The summed E-state index contributed by atoms with van der Waals surface area (Å²) in [6.07, 6.45) is 1.91. The molecule has 1 aliphatic rings. The monoisotopic (exact) mass is 477 g/mol. The molecule has 3 aromatic rings. The summed E-state index contributed by atoms with van der Waals surface area (Å²) < 4.78 is 6.30. The zero-order valence-electron chi connectivity index (χ0n) is 19.6. The minimum atomic E-state index is -0.565. The van der Waals surface area contributed by atoms with Crippen molar-refractivity contribution < 1.29 is 9.53 Å². The molecule has 1 fully saturated rings. The number of ether oxygens (including phenoxy) is 1. The van der Waals surface area contributed by atoms with E-state index in [0.29, 0.717) is 12.3 Å². The quantitative estimate of drug-likeness (QED) is 0.510. The molecule has 178 valence electrons. The Hall–Kier alpha value is -3.07. The van der Waals surface area contributed by atoms with Gasteiger partial charge in [0.25, 0.3) is 0 Å². The predicted octanol–water partition coefficient (Wildman–Crippen LogP) is 3.85. The summed E-state index contributed by atoms with van der Waals surface area (Å²) in [4.78, 5) is 22.3. The molecule has 0 saturated carbocycles. The van der Waals surface area contributed by atoms with Crippen molar-refractivity contribution >= 4 is 29.0 Å². The van der Waals surface area contributed by atoms with E-state index < -0.39 is 6.04 Å². The van der Waals surface area contributed by atoms with Crippen molar-refractivity contribution in [2.45, 2.75) is 29.5 Å². The highest BCUT2D eigenvalue weighted by molar-refractivity contribution is 7.99. The van der Waals surface area contributed by atoms with Crippen LogP contribution in [0.25, 0.3) is 0 Å². The van der Waals surface area contributed by atoms with Crippen molar-refractivity contribution in [2.24, 2.45) is 5.73 Å². The van der Waals surface area contributed by atoms with E-state index in [1.54, 1.807) is 6.92 Å². The largest absolute Gasteiger partial charge is 0.487 e. The number of hydrogen-bond donors (Lipinski definition) is 2. The SMILES string of the molecule is CC(N)C(=O)Nc1cccc(Sc2cc(OCc3ccccc3)c(N3CCN(C)CC3)cn2)c1. The molecular weight excluding hydrogens is 446 g/mol. The van der Waals surface area contributed by atoms with Crippen LogP contribution in [0.1, 0.15) is 12.5 Å². The van der Waals surface area contributed by atoms with E-state index in [-0.39, 0.29) is 5.91 Å². The summed E-state index contributed by atoms with van der Waals surface area (Å²) >= 11 is 1.53. The molecule has 0 radical (unpaired) electrons. The molecule has 1 aliphatic heterocycles. The summed E-state index contributed by atoms with van der Waals surface area (Å²) in [5.74, 6) is 0.612. The molecule has 1 aromatic heterocycles. The summed E-state index contributed by atoms with van der Waals surface area (Å²) in [5, 5.41) is 3.67. The number of nitrogens with zero attached hydrogens (tertiary/aromatic N) is 3. The number of rotatable bonds is 8. The lowest BCUT2D eigenvalue weighted by Crippen LogP contribution is -2.44. The highest BCUT2D eigenvalue weighted by Gasteiger charge is 2.19. The average molecular weight is 478 g/mol. The number of pyridine rings is 1. The molecule has 2 aromatic carbocycles. The molecule has 0 spiro atoms. The number of anilines is 2. The Morgan fingerprint density at radius 2 is 1.88 bits per heavy atom. The Morgan fingerprint density at radius 3 is 2.62 bits per heavy atom. The number of nitrogens with one attached hydrogen (secondary N) is 1. The van der Waals surface area contributed by atoms with Crippen LogP contribution in [0, 0.1) is 0 Å². The van der Waals surface area contributed by atoms with Gasteiger partial charge in [-0.05, 0) is 37.7 Å². The van der Waals surface area contributed by atoms with Crippen molar-refractivity contribution in [3.63, 3.8) is 0 Å². The first-order chi connectivity index (χ1) is 16.5. The predicted molar refractivity (Wildman–Crippen MR) is 138 cm³/mol. The van der Waals surface area contributed by atoms with Crippen LogP contribution in [0.4, 0.5) is 11.4 Å². The van der Waals surface area contributed by atoms with E-state index in [9.17, 15) is 4.79 Å². The molecule has 1 atom stereocenters. The number of aromatic nitrogens is 1. The van der Waals surface area contributed by atoms with Crippen LogP contribution >= 0.6 is 11.8 Å². The Labute approximate surface area is 205 Å². The molecule has 1 unspecified atom stereocenters. The van der Waals surface area contributed by atoms with Crippen LogP contribution in [0.2, 0.25) is 0 Å². The van der Waals surface area contributed by atoms with Gasteiger partial charge in [-0.15, -0.1) is 0 Å². The second-order valence-electron chi connectivity index (χ2n) is 8.46. The number of hydrogen-bond acceptors (Lipinski definition) is 7. The Kier molecular flexibility index (Phi) is 8.05. The lowest BCUT2D eigenvalue weighted by Gasteiger charge is -2.34. The van der Waals surface area contributed by atoms with E-state index in [4.69, 9.17) is 15.5 Å². The third kappa shape index (κ3) is 6.50. The van der Waals surface area contributed by atoms with Gasteiger partial charge in [0.15, 0.2) is 0 Å². The number of carbonyl (C=O) groups excluding carboxylic acids is 1. The summed E-state index contributed by atoms with van der Waals surface area (Å²) in [5.41, 5.74) is 8.52. The third-order valence-electron chi connectivity index (χ3n) is 5.64. The minimum absolute atomic E-state index is 0.214. The highest BCUT2D eigenvalue weighted by Crippen LogP contribution is 2.35. The summed E-state index contributed by atoms with van der Waals surface area (Å²) in [6.45, 7) is 6.05. The van der Waals surface area contributed by atoms with E-state index in [0.717, 1.165) is 53.1 Å². The standard InChI is InChI=1S/C26H31N5O2S/c1-19(27)26(32)29-21-9-6-10-22(15-21)34-25-16-24(33-18-20-7-4-3-5-8-20)23(17-28-25)31-13-11-30(2)12-14-31/h3-10,15-17,19H,11-14,18,27H2,1-2H3,(H,29,32). The Bertz CT molecular complexity index is 1100. The van der Waals surface area contributed by atoms with Gasteiger partial charge in [0.1, 0.15) is 17.4 Å². The molecule has 1 saturated heterocycles. The van der Waals surface area contributed by atoms with Crippen molar-refractivity contribution in [1.82, 2.24) is 9.88 Å². The number of nitrogens with two attached hydrogens (primary N) is 1. The van der Waals surface area contributed by atoms with Gasteiger partial charge in [0, 0.05) is 42.8 Å². The number of piperazine rings is 1. The maximum atomic E-state index is 11.9. The van der Waals surface area contributed by atoms with Crippen molar-refractivity contribution in [3.05, 3.63) is 72.4 Å². The molecular formula is C26H31N5O2S. The molecule has 2 heterocycles. The van der Waals surface area contributed by atoms with Gasteiger partial charge in [-0.1, -0.05) is 48.2 Å². The fourth-order valence-electron chi connectivity index (χ4n) is 3.62. The first kappa shape index (κ1) is 24.1. The lowest BCUT2D eigenvalue weighted by molar-refractivity contribution is -0.117. The van der Waals surface area contributed by atoms with Crippen molar-refractivity contribution in [1.29, 1.82) is 0 Å². The van der Waals surface area contributed by atoms with Crippen LogP contribution in [0.3, 0.4) is 0 Å². The molecule has 7 nitrogen and oxygen atoms in total. The topological polar surface area (TPSA) is 83.7 Å². The van der Waals surface area contributed by atoms with Crippen LogP contribution in [0.5, 0.6) is 5.75 Å². The molecule has 4 rings (SSSR count). The van der Waals surface area contributed by atoms with Gasteiger partial charge in [-0.2, -0.15) is 0 Å². The zero-order valence-corrected chi connectivity index (χ0v) is 20.4. The second-order valence-corrected chi connectivity index (χ2v) is 9.56. The van der Waals surface area contributed by atoms with Crippen molar-refractivity contribution in [3.8, 4) is 5.75 Å². The van der Waals surface area contributed by atoms with Crippen LogP contribution in [-0.2, 0) is 11.4 Å². The first-order valence-electron chi connectivity index (χ1n) is 11.4. The maximum Gasteiger partial charge on any atom is 0.240 e. The number of likely N-dealkylation sites (N-methyl/N-ethyl adjacent to an activating group) is 1. The molecule has 3 N–H and O–H groups in total. The molecule has 1 amide bonds. The van der Waals surface area contributed by atoms with Crippen molar-refractivity contribution in [2.75, 3.05) is 43.4 Å². The molecule has 0 aliphatic carbocycles.